The van der Waals surface area contributed by atoms with Crippen molar-refractivity contribution < 1.29 is 0 Å². The molecule has 0 fully saturated rings. The monoisotopic (exact) mass is 486 g/mol. The van der Waals surface area contributed by atoms with Gasteiger partial charge in [0.1, 0.15) is 0 Å². The third-order valence-corrected chi connectivity index (χ3v) is 4.81. The molecule has 6 nitrogen and oxygen atoms in total. The number of aryl methyl sites for hydroxylation is 3. The molecule has 1 heterocycles. The average molecular weight is 487 g/mol. The van der Waals surface area contributed by atoms with Gasteiger partial charge in [0.2, 0.25) is 17.8 Å². The fourth-order valence-electron chi connectivity index (χ4n) is 3.04. The molecule has 0 aliphatic rings. The van der Waals surface area contributed by atoms with E-state index in [4.69, 9.17) is 0 Å². The molecular weight excluding hydrogens is 444 g/mol. The predicted octanol–water partition coefficient (Wildman–Crippen LogP) is 9.11. The van der Waals surface area contributed by atoms with Crippen LogP contribution in [0.5, 0.6) is 0 Å². The number of aromatic nitrogens is 3. The minimum absolute atomic E-state index is 0.464. The topological polar surface area (TPSA) is 74.8 Å². The highest BCUT2D eigenvalue weighted by Gasteiger charge is 2.10. The van der Waals surface area contributed by atoms with Crippen molar-refractivity contribution in [1.82, 2.24) is 15.0 Å². The van der Waals surface area contributed by atoms with E-state index in [2.05, 4.69) is 30.9 Å². The molecule has 0 atom stereocenters. The molecule has 0 amide bonds. The Balaban J connectivity index is 0.00000101. The van der Waals surface area contributed by atoms with Gasteiger partial charge in [-0.1, -0.05) is 96.1 Å². The van der Waals surface area contributed by atoms with Crippen molar-refractivity contribution in [1.29, 1.82) is 0 Å². The lowest BCUT2D eigenvalue weighted by atomic mass is 10.2. The van der Waals surface area contributed by atoms with Gasteiger partial charge in [0.25, 0.3) is 0 Å². The van der Waals surface area contributed by atoms with Crippen LogP contribution in [0.4, 0.5) is 34.9 Å². The van der Waals surface area contributed by atoms with Crippen molar-refractivity contribution in [2.75, 3.05) is 16.0 Å². The summed E-state index contributed by atoms with van der Waals surface area (Å²) in [7, 11) is 0. The second kappa shape index (κ2) is 16.7. The maximum Gasteiger partial charge on any atom is 0.233 e. The van der Waals surface area contributed by atoms with Crippen LogP contribution in [0.1, 0.15) is 58.2 Å². The average Bonchev–Trinajstić information content (AvgIpc) is 2.92. The first kappa shape index (κ1) is 30.1. The number of nitrogens with one attached hydrogen (secondary N) is 3. The minimum atomic E-state index is 0.464. The van der Waals surface area contributed by atoms with Gasteiger partial charge in [-0.05, 0) is 55.7 Å². The van der Waals surface area contributed by atoms with Crippen molar-refractivity contribution in [3.05, 3.63) is 89.5 Å². The van der Waals surface area contributed by atoms with E-state index >= 15 is 0 Å². The maximum absolute atomic E-state index is 4.59. The van der Waals surface area contributed by atoms with E-state index in [-0.39, 0.29) is 0 Å². The Bertz CT molecular complexity index is 1010. The summed E-state index contributed by atoms with van der Waals surface area (Å²) in [5.41, 5.74) is 6.19. The van der Waals surface area contributed by atoms with Crippen LogP contribution in [-0.4, -0.2) is 15.0 Å². The second-order valence-corrected chi connectivity index (χ2v) is 7.13. The molecule has 0 radical (unpaired) electrons. The molecule has 3 N–H and O–H groups in total. The van der Waals surface area contributed by atoms with E-state index in [0.29, 0.717) is 17.8 Å². The largest absolute Gasteiger partial charge is 0.324 e. The van der Waals surface area contributed by atoms with Gasteiger partial charge in [0.05, 0.1) is 0 Å². The molecule has 0 saturated heterocycles. The Morgan fingerprint density at radius 1 is 0.389 bits per heavy atom. The van der Waals surface area contributed by atoms with Crippen molar-refractivity contribution in [2.45, 2.75) is 62.3 Å². The number of hydrogen-bond donors (Lipinski definition) is 3. The summed E-state index contributed by atoms with van der Waals surface area (Å²) >= 11 is 0. The molecule has 3 aromatic carbocycles. The standard InChI is InChI=1S/C24H24N6.3C2H6/c1-16-10-4-7-13-19(16)25-22-28-23(26-20-14-8-5-11-17(20)2)30-24(29-22)27-21-15-9-6-12-18(21)3;3*1-2/h4-15H,1-3H3,(H3,25,26,27,28,29,30);3*1-2H3. The van der Waals surface area contributed by atoms with Gasteiger partial charge in [-0.3, -0.25) is 0 Å². The lowest BCUT2D eigenvalue weighted by Crippen LogP contribution is -2.08. The Labute approximate surface area is 217 Å². The highest BCUT2D eigenvalue weighted by Crippen LogP contribution is 2.24. The van der Waals surface area contributed by atoms with E-state index < -0.39 is 0 Å². The number of benzene rings is 3. The third-order valence-electron chi connectivity index (χ3n) is 4.81. The van der Waals surface area contributed by atoms with Gasteiger partial charge in [0.15, 0.2) is 0 Å². The molecule has 0 aliphatic heterocycles. The van der Waals surface area contributed by atoms with E-state index in [1.807, 2.05) is 135 Å². The van der Waals surface area contributed by atoms with Gasteiger partial charge < -0.3 is 16.0 Å². The van der Waals surface area contributed by atoms with E-state index in [1.54, 1.807) is 0 Å². The SMILES string of the molecule is CC.CC.CC.Cc1ccccc1Nc1nc(Nc2ccccc2C)nc(Nc2ccccc2C)n1. The van der Waals surface area contributed by atoms with Crippen molar-refractivity contribution >= 4 is 34.9 Å². The van der Waals surface area contributed by atoms with Crippen molar-refractivity contribution in [3.63, 3.8) is 0 Å². The predicted molar refractivity (Wildman–Crippen MR) is 157 cm³/mol. The zero-order chi connectivity index (χ0) is 26.9. The van der Waals surface area contributed by atoms with Crippen LogP contribution in [0.25, 0.3) is 0 Å². The summed E-state index contributed by atoms with van der Waals surface area (Å²) in [4.78, 5) is 13.8. The Hall–Kier alpha value is -3.93. The zero-order valence-corrected chi connectivity index (χ0v) is 23.3. The van der Waals surface area contributed by atoms with E-state index in [0.717, 1.165) is 33.8 Å². The Morgan fingerprint density at radius 3 is 0.833 bits per heavy atom. The normalized spacial score (nSPS) is 9.25. The Kier molecular flexibility index (Phi) is 13.9. The fourth-order valence-corrected chi connectivity index (χ4v) is 3.04. The summed E-state index contributed by atoms with van der Waals surface area (Å²) < 4.78 is 0. The van der Waals surface area contributed by atoms with Gasteiger partial charge in [-0.2, -0.15) is 15.0 Å². The minimum Gasteiger partial charge on any atom is -0.324 e. The van der Waals surface area contributed by atoms with Crippen LogP contribution in [0, 0.1) is 20.8 Å². The summed E-state index contributed by atoms with van der Waals surface area (Å²) in [5.74, 6) is 1.39. The summed E-state index contributed by atoms with van der Waals surface area (Å²) in [6.07, 6.45) is 0. The molecule has 1 aromatic heterocycles. The summed E-state index contributed by atoms with van der Waals surface area (Å²) in [6.45, 7) is 18.1. The third kappa shape index (κ3) is 9.02. The summed E-state index contributed by atoms with van der Waals surface area (Å²) in [5, 5.41) is 9.93. The number of rotatable bonds is 6. The van der Waals surface area contributed by atoms with E-state index in [9.17, 15) is 0 Å². The van der Waals surface area contributed by atoms with E-state index in [1.165, 1.54) is 0 Å². The summed E-state index contributed by atoms with van der Waals surface area (Å²) in [6, 6.07) is 24.1. The quantitative estimate of drug-likeness (QED) is 0.252. The fraction of sp³-hybridized carbons (Fsp3) is 0.300. The van der Waals surface area contributed by atoms with Crippen molar-refractivity contribution in [2.24, 2.45) is 0 Å². The number of nitrogens with zero attached hydrogens (tertiary/aromatic N) is 3. The molecule has 0 saturated carbocycles. The molecule has 0 spiro atoms. The van der Waals surface area contributed by atoms with Gasteiger partial charge >= 0.3 is 0 Å². The molecule has 4 aromatic rings. The lowest BCUT2D eigenvalue weighted by Gasteiger charge is -2.14. The number of anilines is 6. The molecule has 36 heavy (non-hydrogen) atoms. The second-order valence-electron chi connectivity index (χ2n) is 7.13. The first-order valence-electron chi connectivity index (χ1n) is 12.8. The number of hydrogen-bond acceptors (Lipinski definition) is 6. The van der Waals surface area contributed by atoms with Crippen molar-refractivity contribution in [3.8, 4) is 0 Å². The molecule has 192 valence electrons. The van der Waals surface area contributed by atoms with Crippen LogP contribution in [0.3, 0.4) is 0 Å². The molecule has 4 rings (SSSR count). The molecule has 0 unspecified atom stereocenters. The van der Waals surface area contributed by atoms with Gasteiger partial charge in [-0.15, -0.1) is 0 Å². The van der Waals surface area contributed by atoms with Gasteiger partial charge in [-0.25, -0.2) is 0 Å². The first-order valence-corrected chi connectivity index (χ1v) is 12.8. The molecule has 6 heteroatoms. The van der Waals surface area contributed by atoms with Gasteiger partial charge in [0, 0.05) is 17.1 Å². The molecule has 0 aliphatic carbocycles. The number of para-hydroxylation sites is 3. The highest BCUT2D eigenvalue weighted by atomic mass is 15.3. The van der Waals surface area contributed by atoms with Crippen LogP contribution < -0.4 is 16.0 Å². The molecular formula is C30H42N6. The zero-order valence-electron chi connectivity index (χ0n) is 23.3. The van der Waals surface area contributed by atoms with Crippen LogP contribution >= 0.6 is 0 Å². The van der Waals surface area contributed by atoms with Crippen LogP contribution in [0.2, 0.25) is 0 Å². The highest BCUT2D eigenvalue weighted by molar-refractivity contribution is 5.65. The maximum atomic E-state index is 4.59. The first-order chi connectivity index (χ1) is 17.6. The van der Waals surface area contributed by atoms with Crippen LogP contribution in [-0.2, 0) is 0 Å². The lowest BCUT2D eigenvalue weighted by molar-refractivity contribution is 1.06. The smallest absolute Gasteiger partial charge is 0.233 e. The van der Waals surface area contributed by atoms with Crippen LogP contribution in [0.15, 0.2) is 72.8 Å². The Morgan fingerprint density at radius 2 is 0.611 bits per heavy atom. The molecule has 0 bridgehead atoms.